The number of carboxylic acids is 1. The van der Waals surface area contributed by atoms with Crippen molar-refractivity contribution in [1.29, 1.82) is 0 Å². The van der Waals surface area contributed by atoms with Crippen LogP contribution >= 0.6 is 27.5 Å². The summed E-state index contributed by atoms with van der Waals surface area (Å²) in [6.07, 6.45) is 0.559. The Morgan fingerprint density at radius 2 is 1.96 bits per heavy atom. The van der Waals surface area contributed by atoms with Crippen molar-refractivity contribution in [3.63, 3.8) is 0 Å². The average molecular weight is 397 g/mol. The molecular weight excluding hydrogens is 382 g/mol. The molecular formula is C17H15BrClNO3. The molecule has 2 aromatic carbocycles. The summed E-state index contributed by atoms with van der Waals surface area (Å²) >= 11 is 9.48. The van der Waals surface area contributed by atoms with E-state index in [0.717, 1.165) is 10.0 Å². The first kappa shape index (κ1) is 17.5. The molecule has 0 saturated heterocycles. The first-order valence-corrected chi connectivity index (χ1v) is 8.12. The fourth-order valence-corrected chi connectivity index (χ4v) is 2.71. The number of halogens is 2. The van der Waals surface area contributed by atoms with Crippen LogP contribution < -0.4 is 5.32 Å². The molecule has 0 saturated carbocycles. The Morgan fingerprint density at radius 3 is 2.61 bits per heavy atom. The summed E-state index contributed by atoms with van der Waals surface area (Å²) in [7, 11) is 0. The number of anilines is 1. The van der Waals surface area contributed by atoms with Gasteiger partial charge >= 0.3 is 5.97 Å². The molecule has 0 radical (unpaired) electrons. The van der Waals surface area contributed by atoms with Crippen molar-refractivity contribution in [3.8, 4) is 0 Å². The minimum absolute atomic E-state index is 0.0724. The minimum atomic E-state index is -1.07. The minimum Gasteiger partial charge on any atom is -0.478 e. The Labute approximate surface area is 147 Å². The van der Waals surface area contributed by atoms with E-state index in [4.69, 9.17) is 16.7 Å². The summed E-state index contributed by atoms with van der Waals surface area (Å²) in [5.41, 5.74) is 1.40. The normalized spacial score (nSPS) is 11.8. The molecule has 0 aliphatic carbocycles. The van der Waals surface area contributed by atoms with Gasteiger partial charge in [0.15, 0.2) is 0 Å². The van der Waals surface area contributed by atoms with Crippen molar-refractivity contribution in [1.82, 2.24) is 0 Å². The lowest BCUT2D eigenvalue weighted by Crippen LogP contribution is -2.22. The van der Waals surface area contributed by atoms with Crippen LogP contribution in [0.25, 0.3) is 0 Å². The molecule has 0 heterocycles. The van der Waals surface area contributed by atoms with Crippen LogP contribution in [0.3, 0.4) is 0 Å². The van der Waals surface area contributed by atoms with E-state index >= 15 is 0 Å². The van der Waals surface area contributed by atoms with Crippen LogP contribution in [0.5, 0.6) is 0 Å². The fourth-order valence-electron chi connectivity index (χ4n) is 2.10. The Morgan fingerprint density at radius 1 is 1.26 bits per heavy atom. The molecule has 2 rings (SSSR count). The standard InChI is InChI=1S/C17H15BrClNO3/c1-10(8-11-4-2-3-5-13(11)18)16(21)20-15-9-12(17(22)23)6-7-14(15)19/h2-7,9-10H,8H2,1H3,(H,20,21)(H,22,23). The molecule has 2 N–H and O–H groups in total. The maximum atomic E-state index is 12.3. The highest BCUT2D eigenvalue weighted by Crippen LogP contribution is 2.25. The third-order valence-corrected chi connectivity index (χ3v) is 4.51. The van der Waals surface area contributed by atoms with Crippen molar-refractivity contribution >= 4 is 45.1 Å². The molecule has 0 aliphatic heterocycles. The first-order valence-electron chi connectivity index (χ1n) is 6.95. The van der Waals surface area contributed by atoms with Gasteiger partial charge in [-0.3, -0.25) is 4.79 Å². The first-order chi connectivity index (χ1) is 10.9. The molecule has 1 unspecified atom stereocenters. The summed E-state index contributed by atoms with van der Waals surface area (Å²) in [4.78, 5) is 23.3. The van der Waals surface area contributed by atoms with Crippen LogP contribution in [0.4, 0.5) is 5.69 Å². The molecule has 1 atom stereocenters. The molecule has 0 bridgehead atoms. The molecule has 2 aromatic rings. The van der Waals surface area contributed by atoms with Gasteiger partial charge in [0, 0.05) is 10.4 Å². The number of benzene rings is 2. The van der Waals surface area contributed by atoms with Crippen LogP contribution in [0.2, 0.25) is 5.02 Å². The topological polar surface area (TPSA) is 66.4 Å². The van der Waals surface area contributed by atoms with Crippen LogP contribution in [-0.2, 0) is 11.2 Å². The number of rotatable bonds is 5. The molecule has 6 heteroatoms. The van der Waals surface area contributed by atoms with Crippen molar-refractivity contribution < 1.29 is 14.7 Å². The second-order valence-electron chi connectivity index (χ2n) is 5.19. The molecule has 1 amide bonds. The van der Waals surface area contributed by atoms with Gasteiger partial charge in [0.05, 0.1) is 16.3 Å². The van der Waals surface area contributed by atoms with Crippen LogP contribution in [0, 0.1) is 5.92 Å². The van der Waals surface area contributed by atoms with Gasteiger partial charge in [-0.15, -0.1) is 0 Å². The van der Waals surface area contributed by atoms with E-state index in [1.807, 2.05) is 31.2 Å². The van der Waals surface area contributed by atoms with Crippen LogP contribution in [-0.4, -0.2) is 17.0 Å². The van der Waals surface area contributed by atoms with E-state index in [0.29, 0.717) is 17.1 Å². The molecule has 0 spiro atoms. The number of nitrogens with one attached hydrogen (secondary N) is 1. The molecule has 0 fully saturated rings. The molecule has 23 heavy (non-hydrogen) atoms. The van der Waals surface area contributed by atoms with E-state index in [9.17, 15) is 9.59 Å². The molecule has 0 aromatic heterocycles. The van der Waals surface area contributed by atoms with Crippen LogP contribution in [0.1, 0.15) is 22.8 Å². The van der Waals surface area contributed by atoms with Gasteiger partial charge in [0.25, 0.3) is 0 Å². The summed E-state index contributed by atoms with van der Waals surface area (Å²) in [5, 5.41) is 12.0. The summed E-state index contributed by atoms with van der Waals surface area (Å²) < 4.78 is 0.950. The highest BCUT2D eigenvalue weighted by molar-refractivity contribution is 9.10. The Bertz CT molecular complexity index is 748. The second kappa shape index (κ2) is 7.62. The largest absolute Gasteiger partial charge is 0.478 e. The van der Waals surface area contributed by atoms with Crippen molar-refractivity contribution in [2.75, 3.05) is 5.32 Å². The van der Waals surface area contributed by atoms with Gasteiger partial charge < -0.3 is 10.4 Å². The SMILES string of the molecule is CC(Cc1ccccc1Br)C(=O)Nc1cc(C(=O)O)ccc1Cl. The smallest absolute Gasteiger partial charge is 0.335 e. The zero-order valence-corrected chi connectivity index (χ0v) is 14.7. The lowest BCUT2D eigenvalue weighted by molar-refractivity contribution is -0.119. The Hall–Kier alpha value is -1.85. The monoisotopic (exact) mass is 395 g/mol. The van der Waals surface area contributed by atoms with E-state index in [1.54, 1.807) is 0 Å². The number of hydrogen-bond donors (Lipinski definition) is 2. The number of carbonyl (C=O) groups is 2. The second-order valence-corrected chi connectivity index (χ2v) is 6.45. The lowest BCUT2D eigenvalue weighted by Gasteiger charge is -2.14. The number of aromatic carboxylic acids is 1. The Balaban J connectivity index is 2.11. The number of carbonyl (C=O) groups excluding carboxylic acids is 1. The quantitative estimate of drug-likeness (QED) is 0.775. The predicted molar refractivity (Wildman–Crippen MR) is 94.1 cm³/mol. The van der Waals surface area contributed by atoms with Crippen molar-refractivity contribution in [2.45, 2.75) is 13.3 Å². The van der Waals surface area contributed by atoms with E-state index in [2.05, 4.69) is 21.2 Å². The average Bonchev–Trinajstić information content (AvgIpc) is 2.51. The highest BCUT2D eigenvalue weighted by Gasteiger charge is 2.17. The van der Waals surface area contributed by atoms with E-state index in [-0.39, 0.29) is 17.4 Å². The number of hydrogen-bond acceptors (Lipinski definition) is 2. The zero-order chi connectivity index (χ0) is 17.0. The summed E-state index contributed by atoms with van der Waals surface area (Å²) in [5.74, 6) is -1.58. The van der Waals surface area contributed by atoms with Gasteiger partial charge in [-0.05, 0) is 36.2 Å². The zero-order valence-electron chi connectivity index (χ0n) is 12.3. The highest BCUT2D eigenvalue weighted by atomic mass is 79.9. The van der Waals surface area contributed by atoms with Gasteiger partial charge in [-0.1, -0.05) is 52.7 Å². The fraction of sp³-hybridized carbons (Fsp3) is 0.176. The van der Waals surface area contributed by atoms with Gasteiger partial charge in [-0.2, -0.15) is 0 Å². The predicted octanol–water partition coefficient (Wildman–Crippen LogP) is 4.62. The van der Waals surface area contributed by atoms with Gasteiger partial charge in [-0.25, -0.2) is 4.79 Å². The number of carboxylic acid groups (broad SMARTS) is 1. The van der Waals surface area contributed by atoms with Crippen LogP contribution in [0.15, 0.2) is 46.9 Å². The third kappa shape index (κ3) is 4.56. The third-order valence-electron chi connectivity index (χ3n) is 3.40. The molecule has 4 nitrogen and oxygen atoms in total. The van der Waals surface area contributed by atoms with E-state index < -0.39 is 5.97 Å². The lowest BCUT2D eigenvalue weighted by atomic mass is 10.0. The number of amides is 1. The van der Waals surface area contributed by atoms with E-state index in [1.165, 1.54) is 18.2 Å². The molecule has 120 valence electrons. The van der Waals surface area contributed by atoms with Gasteiger partial charge in [0.1, 0.15) is 0 Å². The van der Waals surface area contributed by atoms with Crippen molar-refractivity contribution in [2.24, 2.45) is 5.92 Å². The summed E-state index contributed by atoms with van der Waals surface area (Å²) in [6.45, 7) is 1.81. The molecule has 0 aliphatic rings. The van der Waals surface area contributed by atoms with Crippen molar-refractivity contribution in [3.05, 3.63) is 63.1 Å². The summed E-state index contributed by atoms with van der Waals surface area (Å²) in [6, 6.07) is 11.9. The maximum Gasteiger partial charge on any atom is 0.335 e. The Kier molecular flexibility index (Phi) is 5.80. The maximum absolute atomic E-state index is 12.3. The van der Waals surface area contributed by atoms with Gasteiger partial charge in [0.2, 0.25) is 5.91 Å².